The van der Waals surface area contributed by atoms with Crippen molar-refractivity contribution in [3.8, 4) is 0 Å². The van der Waals surface area contributed by atoms with Crippen LogP contribution in [0.25, 0.3) is 0 Å². The van der Waals surface area contributed by atoms with Crippen molar-refractivity contribution in [3.63, 3.8) is 0 Å². The van der Waals surface area contributed by atoms with Gasteiger partial charge in [0.2, 0.25) is 0 Å². The highest BCUT2D eigenvalue weighted by Crippen LogP contribution is 2.36. The number of thioether (sulfide) groups is 1. The maximum atomic E-state index is 12.2. The van der Waals surface area contributed by atoms with Gasteiger partial charge in [-0.3, -0.25) is 0 Å². The molecule has 2 rings (SSSR count). The molecule has 0 saturated heterocycles. The Kier molecular flexibility index (Phi) is 5.69. The van der Waals surface area contributed by atoms with Gasteiger partial charge in [-0.25, -0.2) is 4.98 Å². The second kappa shape index (κ2) is 7.51. The van der Waals surface area contributed by atoms with E-state index in [0.717, 1.165) is 30.8 Å². The Morgan fingerprint density at radius 2 is 1.95 bits per heavy atom. The van der Waals surface area contributed by atoms with E-state index in [4.69, 9.17) is 0 Å². The van der Waals surface area contributed by atoms with Crippen molar-refractivity contribution in [2.75, 3.05) is 6.54 Å². The number of rotatable bonds is 7. The Morgan fingerprint density at radius 3 is 2.57 bits per heavy atom. The third-order valence-corrected chi connectivity index (χ3v) is 3.55. The van der Waals surface area contributed by atoms with Crippen LogP contribution in [0.4, 0.5) is 13.2 Å². The lowest BCUT2D eigenvalue weighted by atomic mass is 10.2. The van der Waals surface area contributed by atoms with E-state index in [-0.39, 0.29) is 16.7 Å². The molecule has 0 unspecified atom stereocenters. The first kappa shape index (κ1) is 15.9. The quantitative estimate of drug-likeness (QED) is 0.604. The molecule has 1 heterocycles. The van der Waals surface area contributed by atoms with Crippen molar-refractivity contribution >= 4 is 11.8 Å². The lowest BCUT2D eigenvalue weighted by molar-refractivity contribution is -0.0328. The minimum Gasteiger partial charge on any atom is -0.349 e. The van der Waals surface area contributed by atoms with Gasteiger partial charge in [0.1, 0.15) is 5.82 Å². The third kappa shape index (κ3) is 6.22. The Labute approximate surface area is 125 Å². The van der Waals surface area contributed by atoms with Crippen molar-refractivity contribution in [2.45, 2.75) is 29.8 Å². The summed E-state index contributed by atoms with van der Waals surface area (Å²) in [6, 6.07) is 6.43. The molecule has 0 aliphatic heterocycles. The fraction of sp³-hybridized carbons (Fsp3) is 0.357. The van der Waals surface area contributed by atoms with Crippen LogP contribution in [0.2, 0.25) is 0 Å². The summed E-state index contributed by atoms with van der Waals surface area (Å²) in [5.41, 5.74) is -3.26. The standard InChI is InChI=1S/C14H16F3N3S/c15-14(16,17)21-12-5-3-11(4-6-12)10-18-7-1-2-13-19-8-9-20-13/h3-6,8-9,18H,1-2,7,10H2,(H,19,20). The van der Waals surface area contributed by atoms with Crippen molar-refractivity contribution in [1.29, 1.82) is 0 Å². The maximum absolute atomic E-state index is 12.2. The first-order valence-corrected chi connectivity index (χ1v) is 7.38. The second-order valence-electron chi connectivity index (χ2n) is 4.51. The van der Waals surface area contributed by atoms with Gasteiger partial charge in [0, 0.05) is 30.3 Å². The van der Waals surface area contributed by atoms with E-state index in [1.54, 1.807) is 24.5 Å². The number of aryl methyl sites for hydroxylation is 1. The molecule has 114 valence electrons. The zero-order chi connectivity index (χ0) is 15.1. The fourth-order valence-electron chi connectivity index (χ4n) is 1.86. The SMILES string of the molecule is FC(F)(F)Sc1ccc(CNCCCc2ncc[nH]2)cc1. The molecule has 3 nitrogen and oxygen atoms in total. The van der Waals surface area contributed by atoms with Gasteiger partial charge in [-0.05, 0) is 42.4 Å². The summed E-state index contributed by atoms with van der Waals surface area (Å²) in [5, 5.41) is 3.26. The zero-order valence-corrected chi connectivity index (χ0v) is 12.1. The molecule has 0 amide bonds. The summed E-state index contributed by atoms with van der Waals surface area (Å²) in [6.45, 7) is 1.48. The van der Waals surface area contributed by atoms with Gasteiger partial charge in [0.15, 0.2) is 0 Å². The van der Waals surface area contributed by atoms with Crippen molar-refractivity contribution in [2.24, 2.45) is 0 Å². The predicted octanol–water partition coefficient (Wildman–Crippen LogP) is 3.74. The van der Waals surface area contributed by atoms with Crippen LogP contribution in [-0.2, 0) is 13.0 Å². The first-order valence-electron chi connectivity index (χ1n) is 6.56. The summed E-state index contributed by atoms with van der Waals surface area (Å²) >= 11 is -0.0909. The van der Waals surface area contributed by atoms with Gasteiger partial charge in [0.25, 0.3) is 0 Å². The molecule has 21 heavy (non-hydrogen) atoms. The van der Waals surface area contributed by atoms with E-state index < -0.39 is 5.51 Å². The van der Waals surface area contributed by atoms with Crippen LogP contribution in [0.1, 0.15) is 17.8 Å². The van der Waals surface area contributed by atoms with Crippen molar-refractivity contribution in [1.82, 2.24) is 15.3 Å². The van der Waals surface area contributed by atoms with Gasteiger partial charge in [-0.1, -0.05) is 12.1 Å². The minimum atomic E-state index is -4.23. The monoisotopic (exact) mass is 315 g/mol. The molecular formula is C14H16F3N3S. The summed E-state index contributed by atoms with van der Waals surface area (Å²) in [6.07, 6.45) is 5.35. The molecule has 7 heteroatoms. The molecule has 1 aromatic carbocycles. The van der Waals surface area contributed by atoms with Gasteiger partial charge in [0.05, 0.1) is 0 Å². The number of halogens is 3. The largest absolute Gasteiger partial charge is 0.446 e. The fourth-order valence-corrected chi connectivity index (χ4v) is 2.40. The Morgan fingerprint density at radius 1 is 1.19 bits per heavy atom. The number of hydrogen-bond acceptors (Lipinski definition) is 3. The van der Waals surface area contributed by atoms with E-state index >= 15 is 0 Å². The van der Waals surface area contributed by atoms with Gasteiger partial charge >= 0.3 is 5.51 Å². The van der Waals surface area contributed by atoms with E-state index in [1.165, 1.54) is 12.1 Å². The number of hydrogen-bond donors (Lipinski definition) is 2. The lowest BCUT2D eigenvalue weighted by Gasteiger charge is -2.07. The number of benzene rings is 1. The normalized spacial score (nSPS) is 11.8. The molecule has 0 spiro atoms. The van der Waals surface area contributed by atoms with E-state index in [0.29, 0.717) is 6.54 Å². The number of imidazole rings is 1. The number of H-pyrrole nitrogens is 1. The van der Waals surface area contributed by atoms with Crippen LogP contribution >= 0.6 is 11.8 Å². The Bertz CT molecular complexity index is 523. The number of nitrogens with zero attached hydrogens (tertiary/aromatic N) is 1. The molecule has 0 aliphatic rings. The average molecular weight is 315 g/mol. The molecule has 2 N–H and O–H groups in total. The molecule has 0 aliphatic carbocycles. The summed E-state index contributed by atoms with van der Waals surface area (Å²) in [7, 11) is 0. The molecule has 0 bridgehead atoms. The highest BCUT2D eigenvalue weighted by atomic mass is 32.2. The van der Waals surface area contributed by atoms with E-state index in [9.17, 15) is 13.2 Å². The number of alkyl halides is 3. The zero-order valence-electron chi connectivity index (χ0n) is 11.3. The third-order valence-electron chi connectivity index (χ3n) is 2.81. The lowest BCUT2D eigenvalue weighted by Crippen LogP contribution is -2.15. The van der Waals surface area contributed by atoms with Gasteiger partial charge in [-0.2, -0.15) is 13.2 Å². The highest BCUT2D eigenvalue weighted by Gasteiger charge is 2.28. The Hall–Kier alpha value is -1.47. The molecule has 1 aromatic heterocycles. The first-order chi connectivity index (χ1) is 10.0. The molecule has 0 saturated carbocycles. The van der Waals surface area contributed by atoms with Gasteiger partial charge in [-0.15, -0.1) is 0 Å². The molecular weight excluding hydrogens is 299 g/mol. The second-order valence-corrected chi connectivity index (χ2v) is 5.65. The topological polar surface area (TPSA) is 40.7 Å². The van der Waals surface area contributed by atoms with Crippen LogP contribution < -0.4 is 5.32 Å². The molecule has 0 atom stereocenters. The smallest absolute Gasteiger partial charge is 0.349 e. The van der Waals surface area contributed by atoms with Crippen LogP contribution in [-0.4, -0.2) is 22.0 Å². The highest BCUT2D eigenvalue weighted by molar-refractivity contribution is 8.00. The number of nitrogens with one attached hydrogen (secondary N) is 2. The summed E-state index contributed by atoms with van der Waals surface area (Å²) < 4.78 is 36.6. The maximum Gasteiger partial charge on any atom is 0.446 e. The van der Waals surface area contributed by atoms with Crippen molar-refractivity contribution in [3.05, 3.63) is 48.0 Å². The van der Waals surface area contributed by atoms with Crippen LogP contribution in [0.15, 0.2) is 41.6 Å². The minimum absolute atomic E-state index is 0.0909. The van der Waals surface area contributed by atoms with Gasteiger partial charge < -0.3 is 10.3 Å². The molecule has 0 radical (unpaired) electrons. The summed E-state index contributed by atoms with van der Waals surface area (Å²) in [5.74, 6) is 0.963. The van der Waals surface area contributed by atoms with Crippen molar-refractivity contribution < 1.29 is 13.2 Å². The average Bonchev–Trinajstić information content (AvgIpc) is 2.92. The predicted molar refractivity (Wildman–Crippen MR) is 77.0 cm³/mol. The van der Waals surface area contributed by atoms with Crippen LogP contribution in [0.3, 0.4) is 0 Å². The Balaban J connectivity index is 1.66. The number of aromatic nitrogens is 2. The number of aromatic amines is 1. The van der Waals surface area contributed by atoms with E-state index in [1.807, 2.05) is 0 Å². The molecule has 2 aromatic rings. The summed E-state index contributed by atoms with van der Waals surface area (Å²) in [4.78, 5) is 7.38. The van der Waals surface area contributed by atoms with Crippen LogP contribution in [0, 0.1) is 0 Å². The van der Waals surface area contributed by atoms with E-state index in [2.05, 4.69) is 15.3 Å². The molecule has 0 fully saturated rings. The van der Waals surface area contributed by atoms with Crippen LogP contribution in [0.5, 0.6) is 0 Å².